The van der Waals surface area contributed by atoms with Crippen molar-refractivity contribution in [2.75, 3.05) is 11.9 Å². The maximum atomic E-state index is 5.49. The molecule has 4 rings (SSSR count). The van der Waals surface area contributed by atoms with Gasteiger partial charge in [-0.15, -0.1) is 22.7 Å². The lowest BCUT2D eigenvalue weighted by Gasteiger charge is -2.08. The number of anilines is 2. The molecule has 0 amide bonds. The molecule has 3 aromatic heterocycles. The largest absolute Gasteiger partial charge is 0.494 e. The first-order chi connectivity index (χ1) is 13.6. The van der Waals surface area contributed by atoms with Crippen molar-refractivity contribution in [2.45, 2.75) is 27.3 Å². The van der Waals surface area contributed by atoms with Crippen molar-refractivity contribution in [3.63, 3.8) is 0 Å². The summed E-state index contributed by atoms with van der Waals surface area (Å²) in [6.45, 7) is 7.91. The molecule has 0 spiro atoms. The lowest BCUT2D eigenvalue weighted by molar-refractivity contribution is 0.340. The van der Waals surface area contributed by atoms with Gasteiger partial charge in [-0.3, -0.25) is 0 Å². The Labute approximate surface area is 173 Å². The Bertz CT molecular complexity index is 1050. The Morgan fingerprint density at radius 3 is 2.64 bits per heavy atom. The van der Waals surface area contributed by atoms with Crippen LogP contribution in [0.1, 0.15) is 23.2 Å². The molecular formula is C22H23N3OS2. The van der Waals surface area contributed by atoms with Gasteiger partial charge < -0.3 is 14.6 Å². The number of hydrogen-bond donors (Lipinski definition) is 1. The van der Waals surface area contributed by atoms with Crippen molar-refractivity contribution in [1.29, 1.82) is 0 Å². The summed E-state index contributed by atoms with van der Waals surface area (Å²) in [7, 11) is 0. The molecule has 0 fully saturated rings. The maximum Gasteiger partial charge on any atom is 0.187 e. The summed E-state index contributed by atoms with van der Waals surface area (Å²) in [5.41, 5.74) is 5.74. The maximum absolute atomic E-state index is 5.49. The SMILES string of the molecule is CCOc1ccc(Nc2nc(-c3cc(C)n(Cc4cccs4)c3C)cs2)cc1. The molecule has 3 heterocycles. The van der Waals surface area contributed by atoms with Crippen molar-refractivity contribution in [2.24, 2.45) is 0 Å². The fraction of sp³-hybridized carbons (Fsp3) is 0.227. The number of ether oxygens (including phenoxy) is 1. The summed E-state index contributed by atoms with van der Waals surface area (Å²) in [5, 5.41) is 8.53. The molecule has 0 atom stereocenters. The fourth-order valence-corrected chi connectivity index (χ4v) is 4.67. The number of nitrogens with zero attached hydrogens (tertiary/aromatic N) is 2. The molecule has 0 saturated heterocycles. The highest BCUT2D eigenvalue weighted by Crippen LogP contribution is 2.32. The first kappa shape index (κ1) is 18.8. The average Bonchev–Trinajstić information content (AvgIpc) is 3.42. The summed E-state index contributed by atoms with van der Waals surface area (Å²) in [4.78, 5) is 6.18. The number of aryl methyl sites for hydroxylation is 1. The van der Waals surface area contributed by atoms with E-state index in [0.717, 1.165) is 28.8 Å². The molecule has 0 aliphatic heterocycles. The van der Waals surface area contributed by atoms with E-state index in [0.29, 0.717) is 6.61 Å². The number of nitrogens with one attached hydrogen (secondary N) is 1. The Kier molecular flexibility index (Phi) is 5.50. The van der Waals surface area contributed by atoms with Crippen molar-refractivity contribution >= 4 is 33.5 Å². The summed E-state index contributed by atoms with van der Waals surface area (Å²) in [6, 6.07) is 14.5. The van der Waals surface area contributed by atoms with Gasteiger partial charge in [-0.1, -0.05) is 6.07 Å². The van der Waals surface area contributed by atoms with E-state index < -0.39 is 0 Å². The minimum absolute atomic E-state index is 0.674. The highest BCUT2D eigenvalue weighted by Gasteiger charge is 2.14. The van der Waals surface area contributed by atoms with E-state index in [1.807, 2.05) is 31.2 Å². The molecule has 0 aliphatic rings. The zero-order valence-electron chi connectivity index (χ0n) is 16.2. The van der Waals surface area contributed by atoms with E-state index in [4.69, 9.17) is 9.72 Å². The average molecular weight is 410 g/mol. The molecule has 1 N–H and O–H groups in total. The standard InChI is InChI=1S/C22H23N3OS2/c1-4-26-18-9-7-17(8-10-18)23-22-24-21(14-28-22)20-12-15(2)25(16(20)3)13-19-6-5-11-27-19/h5-12,14H,4,13H2,1-3H3,(H,23,24). The van der Waals surface area contributed by atoms with Gasteiger partial charge in [-0.05, 0) is 62.5 Å². The highest BCUT2D eigenvalue weighted by atomic mass is 32.1. The summed E-state index contributed by atoms with van der Waals surface area (Å²) in [5.74, 6) is 0.881. The van der Waals surface area contributed by atoms with Crippen LogP contribution in [0.3, 0.4) is 0 Å². The van der Waals surface area contributed by atoms with Crippen LogP contribution >= 0.6 is 22.7 Å². The van der Waals surface area contributed by atoms with E-state index in [9.17, 15) is 0 Å². The molecule has 0 radical (unpaired) electrons. The number of rotatable bonds is 7. The van der Waals surface area contributed by atoms with Crippen molar-refractivity contribution in [1.82, 2.24) is 9.55 Å². The molecule has 4 aromatic rings. The molecule has 0 saturated carbocycles. The van der Waals surface area contributed by atoms with Crippen LogP contribution in [0.2, 0.25) is 0 Å². The Balaban J connectivity index is 1.52. The van der Waals surface area contributed by atoms with Crippen molar-refractivity contribution in [3.05, 3.63) is 69.5 Å². The molecule has 0 unspecified atom stereocenters. The Morgan fingerprint density at radius 2 is 1.93 bits per heavy atom. The fourth-order valence-electron chi connectivity index (χ4n) is 3.24. The molecule has 6 heteroatoms. The molecule has 0 bridgehead atoms. The predicted octanol–water partition coefficient (Wildman–Crippen LogP) is 6.48. The van der Waals surface area contributed by atoms with Crippen LogP contribution in [0.4, 0.5) is 10.8 Å². The van der Waals surface area contributed by atoms with Gasteiger partial charge in [0, 0.05) is 32.9 Å². The van der Waals surface area contributed by atoms with Crippen LogP contribution in [0.5, 0.6) is 5.75 Å². The number of aromatic nitrogens is 2. The smallest absolute Gasteiger partial charge is 0.187 e. The topological polar surface area (TPSA) is 39.1 Å². The molecule has 28 heavy (non-hydrogen) atoms. The third-order valence-corrected chi connectivity index (χ3v) is 6.28. The zero-order valence-corrected chi connectivity index (χ0v) is 17.9. The zero-order chi connectivity index (χ0) is 19.5. The second kappa shape index (κ2) is 8.20. The van der Waals surface area contributed by atoms with Crippen LogP contribution in [-0.2, 0) is 6.54 Å². The molecule has 144 valence electrons. The van der Waals surface area contributed by atoms with E-state index in [1.54, 1.807) is 22.7 Å². The minimum Gasteiger partial charge on any atom is -0.494 e. The van der Waals surface area contributed by atoms with Crippen LogP contribution in [0.15, 0.2) is 53.2 Å². The van der Waals surface area contributed by atoms with Gasteiger partial charge in [0.2, 0.25) is 0 Å². The van der Waals surface area contributed by atoms with Gasteiger partial charge in [-0.25, -0.2) is 4.98 Å². The van der Waals surface area contributed by atoms with Gasteiger partial charge >= 0.3 is 0 Å². The van der Waals surface area contributed by atoms with E-state index >= 15 is 0 Å². The van der Waals surface area contributed by atoms with Crippen LogP contribution in [0, 0.1) is 13.8 Å². The number of hydrogen-bond acceptors (Lipinski definition) is 5. The quantitative estimate of drug-likeness (QED) is 0.380. The number of thiazole rings is 1. The summed E-state index contributed by atoms with van der Waals surface area (Å²) in [6.07, 6.45) is 0. The third-order valence-electron chi connectivity index (χ3n) is 4.66. The Morgan fingerprint density at radius 1 is 1.11 bits per heavy atom. The Hall–Kier alpha value is -2.57. The first-order valence-corrected chi connectivity index (χ1v) is 11.0. The molecule has 4 nitrogen and oxygen atoms in total. The molecular weight excluding hydrogens is 386 g/mol. The van der Waals surface area contributed by atoms with Crippen LogP contribution in [-0.4, -0.2) is 16.2 Å². The van der Waals surface area contributed by atoms with Crippen molar-refractivity contribution in [3.8, 4) is 17.0 Å². The highest BCUT2D eigenvalue weighted by molar-refractivity contribution is 7.14. The molecule has 1 aromatic carbocycles. The monoisotopic (exact) mass is 409 g/mol. The lowest BCUT2D eigenvalue weighted by atomic mass is 10.2. The van der Waals surface area contributed by atoms with Crippen molar-refractivity contribution < 1.29 is 4.74 Å². The number of thiophene rings is 1. The van der Waals surface area contributed by atoms with Gasteiger partial charge in [-0.2, -0.15) is 0 Å². The predicted molar refractivity (Wildman–Crippen MR) is 119 cm³/mol. The third kappa shape index (κ3) is 3.98. The second-order valence-electron chi connectivity index (χ2n) is 6.57. The van der Waals surface area contributed by atoms with Gasteiger partial charge in [0.15, 0.2) is 5.13 Å². The molecule has 0 aliphatic carbocycles. The number of benzene rings is 1. The van der Waals surface area contributed by atoms with Gasteiger partial charge in [0.1, 0.15) is 5.75 Å². The second-order valence-corrected chi connectivity index (χ2v) is 8.46. The normalized spacial score (nSPS) is 11.0. The lowest BCUT2D eigenvalue weighted by Crippen LogP contribution is -2.02. The summed E-state index contributed by atoms with van der Waals surface area (Å²) >= 11 is 3.42. The van der Waals surface area contributed by atoms with E-state index in [-0.39, 0.29) is 0 Å². The van der Waals surface area contributed by atoms with Crippen LogP contribution in [0.25, 0.3) is 11.3 Å². The van der Waals surface area contributed by atoms with Crippen LogP contribution < -0.4 is 10.1 Å². The minimum atomic E-state index is 0.674. The van der Waals surface area contributed by atoms with E-state index in [1.165, 1.54) is 21.8 Å². The van der Waals surface area contributed by atoms with Gasteiger partial charge in [0.05, 0.1) is 18.8 Å². The first-order valence-electron chi connectivity index (χ1n) is 9.29. The summed E-state index contributed by atoms with van der Waals surface area (Å²) < 4.78 is 7.86. The van der Waals surface area contributed by atoms with E-state index in [2.05, 4.69) is 52.7 Å². The van der Waals surface area contributed by atoms with Gasteiger partial charge in [0.25, 0.3) is 0 Å².